The average Bonchev–Trinajstić information content (AvgIpc) is 3.24. The summed E-state index contributed by atoms with van der Waals surface area (Å²) < 4.78 is 2.90. The zero-order valence-electron chi connectivity index (χ0n) is 17.0. The third-order valence-corrected chi connectivity index (χ3v) is 6.46. The molecule has 1 amide bonds. The zero-order valence-corrected chi connectivity index (χ0v) is 20.9. The third kappa shape index (κ3) is 6.03. The Morgan fingerprint density at radius 3 is 2.55 bits per heavy atom. The van der Waals surface area contributed by atoms with Crippen molar-refractivity contribution in [2.45, 2.75) is 5.16 Å². The SMILES string of the molecule is O=C(CSc1nnc(-c2ccc(Br)cc2)n1-c1ccccc1)NN=Cc1ccc(Cl)cc1Cl. The van der Waals surface area contributed by atoms with Crippen LogP contribution in [0.25, 0.3) is 17.1 Å². The molecule has 10 heteroatoms. The number of halogens is 3. The number of benzene rings is 3. The van der Waals surface area contributed by atoms with Gasteiger partial charge in [-0.3, -0.25) is 9.36 Å². The normalized spacial score (nSPS) is 11.1. The number of rotatable bonds is 7. The fraction of sp³-hybridized carbons (Fsp3) is 0.0435. The van der Waals surface area contributed by atoms with Gasteiger partial charge in [-0.05, 0) is 36.4 Å². The molecule has 166 valence electrons. The smallest absolute Gasteiger partial charge is 0.250 e. The minimum absolute atomic E-state index is 0.108. The Morgan fingerprint density at radius 1 is 1.06 bits per heavy atom. The van der Waals surface area contributed by atoms with Crippen LogP contribution in [0.5, 0.6) is 0 Å². The van der Waals surface area contributed by atoms with Crippen LogP contribution >= 0.6 is 50.9 Å². The number of para-hydroxylation sites is 1. The van der Waals surface area contributed by atoms with E-state index in [0.717, 1.165) is 15.7 Å². The summed E-state index contributed by atoms with van der Waals surface area (Å²) in [5.41, 5.74) is 4.97. The molecule has 0 aliphatic heterocycles. The van der Waals surface area contributed by atoms with Gasteiger partial charge in [0, 0.05) is 26.3 Å². The summed E-state index contributed by atoms with van der Waals surface area (Å²) in [4.78, 5) is 12.3. The summed E-state index contributed by atoms with van der Waals surface area (Å²) in [6.45, 7) is 0. The zero-order chi connectivity index (χ0) is 23.2. The summed E-state index contributed by atoms with van der Waals surface area (Å²) in [5, 5.41) is 14.3. The van der Waals surface area contributed by atoms with Crippen molar-refractivity contribution in [2.75, 3.05) is 5.75 Å². The highest BCUT2D eigenvalue weighted by Gasteiger charge is 2.17. The Balaban J connectivity index is 1.49. The lowest BCUT2D eigenvalue weighted by Crippen LogP contribution is -2.20. The highest BCUT2D eigenvalue weighted by atomic mass is 79.9. The number of hydrogen-bond acceptors (Lipinski definition) is 5. The molecule has 0 radical (unpaired) electrons. The first kappa shape index (κ1) is 23.5. The van der Waals surface area contributed by atoms with Crippen LogP contribution in [0.4, 0.5) is 0 Å². The van der Waals surface area contributed by atoms with Crippen LogP contribution in [-0.2, 0) is 4.79 Å². The fourth-order valence-corrected chi connectivity index (χ4v) is 4.37. The molecule has 3 aromatic carbocycles. The molecule has 0 atom stereocenters. The van der Waals surface area contributed by atoms with Crippen molar-refractivity contribution in [3.05, 3.63) is 92.9 Å². The molecule has 0 fully saturated rings. The van der Waals surface area contributed by atoms with Crippen molar-refractivity contribution in [3.63, 3.8) is 0 Å². The van der Waals surface area contributed by atoms with Gasteiger partial charge < -0.3 is 0 Å². The molecule has 0 spiro atoms. The Hall–Kier alpha value is -2.65. The predicted octanol–water partition coefficient (Wildman–Crippen LogP) is 6.25. The van der Waals surface area contributed by atoms with Gasteiger partial charge in [0.15, 0.2) is 11.0 Å². The van der Waals surface area contributed by atoms with Crippen molar-refractivity contribution in [1.29, 1.82) is 0 Å². The fourth-order valence-electron chi connectivity index (χ4n) is 2.90. The number of amides is 1. The lowest BCUT2D eigenvalue weighted by molar-refractivity contribution is -0.118. The third-order valence-electron chi connectivity index (χ3n) is 4.44. The molecule has 1 aromatic heterocycles. The van der Waals surface area contributed by atoms with E-state index in [1.165, 1.54) is 18.0 Å². The van der Waals surface area contributed by atoms with E-state index in [1.54, 1.807) is 18.2 Å². The van der Waals surface area contributed by atoms with Crippen molar-refractivity contribution >= 4 is 63.0 Å². The molecular weight excluding hydrogens is 545 g/mol. The lowest BCUT2D eigenvalue weighted by atomic mass is 10.2. The van der Waals surface area contributed by atoms with Gasteiger partial charge in [0.25, 0.3) is 5.91 Å². The van der Waals surface area contributed by atoms with Crippen LogP contribution < -0.4 is 5.43 Å². The van der Waals surface area contributed by atoms with E-state index in [1.807, 2.05) is 59.2 Å². The number of carbonyl (C=O) groups excluding carboxylic acids is 1. The highest BCUT2D eigenvalue weighted by Crippen LogP contribution is 2.28. The summed E-state index contributed by atoms with van der Waals surface area (Å²) >= 11 is 16.7. The van der Waals surface area contributed by atoms with Crippen LogP contribution in [0, 0.1) is 0 Å². The Morgan fingerprint density at radius 2 is 1.82 bits per heavy atom. The molecule has 6 nitrogen and oxygen atoms in total. The highest BCUT2D eigenvalue weighted by molar-refractivity contribution is 9.10. The average molecular weight is 561 g/mol. The van der Waals surface area contributed by atoms with E-state index in [0.29, 0.717) is 26.6 Å². The van der Waals surface area contributed by atoms with Gasteiger partial charge in [-0.15, -0.1) is 10.2 Å². The molecule has 0 unspecified atom stereocenters. The monoisotopic (exact) mass is 559 g/mol. The Labute approximate surface area is 213 Å². The number of hydrogen-bond donors (Lipinski definition) is 1. The largest absolute Gasteiger partial charge is 0.272 e. The van der Waals surface area contributed by atoms with Gasteiger partial charge >= 0.3 is 0 Å². The molecule has 0 bridgehead atoms. The number of aromatic nitrogens is 3. The quantitative estimate of drug-likeness (QED) is 0.165. The van der Waals surface area contributed by atoms with Gasteiger partial charge in [-0.1, -0.05) is 87.3 Å². The summed E-state index contributed by atoms with van der Waals surface area (Å²) in [5.74, 6) is 0.512. The first-order chi connectivity index (χ1) is 16.0. The maximum absolute atomic E-state index is 12.3. The van der Waals surface area contributed by atoms with Gasteiger partial charge in [0.1, 0.15) is 0 Å². The second-order valence-corrected chi connectivity index (χ2v) is 9.43. The van der Waals surface area contributed by atoms with Gasteiger partial charge in [-0.2, -0.15) is 5.10 Å². The van der Waals surface area contributed by atoms with E-state index >= 15 is 0 Å². The van der Waals surface area contributed by atoms with E-state index in [4.69, 9.17) is 23.2 Å². The van der Waals surface area contributed by atoms with Crippen LogP contribution in [0.1, 0.15) is 5.56 Å². The number of carbonyl (C=O) groups is 1. The maximum Gasteiger partial charge on any atom is 0.250 e. The van der Waals surface area contributed by atoms with Crippen molar-refractivity contribution in [3.8, 4) is 17.1 Å². The number of nitrogens with zero attached hydrogens (tertiary/aromatic N) is 4. The number of thioether (sulfide) groups is 1. The minimum Gasteiger partial charge on any atom is -0.272 e. The van der Waals surface area contributed by atoms with Gasteiger partial charge in [0.05, 0.1) is 17.0 Å². The second kappa shape index (κ2) is 11.0. The molecule has 0 aliphatic rings. The molecule has 0 saturated heterocycles. The van der Waals surface area contributed by atoms with Crippen LogP contribution in [-0.4, -0.2) is 32.6 Å². The lowest BCUT2D eigenvalue weighted by Gasteiger charge is -2.10. The molecule has 1 heterocycles. The first-order valence-corrected chi connectivity index (χ1v) is 12.2. The summed E-state index contributed by atoms with van der Waals surface area (Å²) in [6, 6.07) is 22.6. The molecule has 0 aliphatic carbocycles. The first-order valence-electron chi connectivity index (χ1n) is 9.68. The predicted molar refractivity (Wildman–Crippen MR) is 137 cm³/mol. The van der Waals surface area contributed by atoms with E-state index in [9.17, 15) is 4.79 Å². The van der Waals surface area contributed by atoms with E-state index < -0.39 is 0 Å². The molecular formula is C23H16BrCl2N5OS. The van der Waals surface area contributed by atoms with E-state index in [2.05, 4.69) is 36.7 Å². The Bertz CT molecular complexity index is 1300. The molecule has 4 rings (SSSR count). The number of nitrogens with one attached hydrogen (secondary N) is 1. The minimum atomic E-state index is -0.283. The molecule has 4 aromatic rings. The van der Waals surface area contributed by atoms with Crippen molar-refractivity contribution in [2.24, 2.45) is 5.10 Å². The molecule has 33 heavy (non-hydrogen) atoms. The van der Waals surface area contributed by atoms with Crippen LogP contribution in [0.2, 0.25) is 10.0 Å². The summed E-state index contributed by atoms with van der Waals surface area (Å²) in [7, 11) is 0. The van der Waals surface area contributed by atoms with Gasteiger partial charge in [0.2, 0.25) is 0 Å². The van der Waals surface area contributed by atoms with Crippen LogP contribution in [0.3, 0.4) is 0 Å². The van der Waals surface area contributed by atoms with E-state index in [-0.39, 0.29) is 11.7 Å². The number of hydrazone groups is 1. The molecule has 0 saturated carbocycles. The van der Waals surface area contributed by atoms with Crippen molar-refractivity contribution in [1.82, 2.24) is 20.2 Å². The maximum atomic E-state index is 12.3. The van der Waals surface area contributed by atoms with Crippen LogP contribution in [0.15, 0.2) is 87.5 Å². The summed E-state index contributed by atoms with van der Waals surface area (Å²) in [6.07, 6.45) is 1.47. The Kier molecular flexibility index (Phi) is 7.82. The standard InChI is InChI=1S/C23H16BrCl2N5OS/c24-17-9-6-15(7-10-17)22-29-30-23(31(22)19-4-2-1-3-5-19)33-14-21(32)28-27-13-16-8-11-18(25)12-20(16)26/h1-13H,14H2,(H,28,32). The van der Waals surface area contributed by atoms with Crippen molar-refractivity contribution < 1.29 is 4.79 Å². The van der Waals surface area contributed by atoms with Gasteiger partial charge in [-0.25, -0.2) is 5.43 Å². The topological polar surface area (TPSA) is 72.2 Å². The second-order valence-electron chi connectivity index (χ2n) is 6.73. The molecule has 1 N–H and O–H groups in total.